The van der Waals surface area contributed by atoms with E-state index in [2.05, 4.69) is 15.9 Å². The minimum absolute atomic E-state index is 0.131. The van der Waals surface area contributed by atoms with E-state index in [1.807, 2.05) is 12.1 Å². The topological polar surface area (TPSA) is 93.9 Å². The van der Waals surface area contributed by atoms with Crippen molar-refractivity contribution in [1.29, 1.82) is 10.5 Å². The number of halogens is 1. The SMILES string of the molecule is N#CCN(CC#N)C(=O)c1cccc(N)c1Br. The van der Waals surface area contributed by atoms with Crippen LogP contribution in [0.1, 0.15) is 10.4 Å². The monoisotopic (exact) mass is 292 g/mol. The summed E-state index contributed by atoms with van der Waals surface area (Å²) < 4.78 is 0.478. The molecule has 0 aliphatic carbocycles. The Hall–Kier alpha value is -2.05. The van der Waals surface area contributed by atoms with Gasteiger partial charge in [-0.2, -0.15) is 10.5 Å². The Morgan fingerprint density at radius 1 is 1.35 bits per heavy atom. The number of amides is 1. The fourth-order valence-electron chi connectivity index (χ4n) is 1.26. The molecule has 0 bridgehead atoms. The summed E-state index contributed by atoms with van der Waals surface area (Å²) in [4.78, 5) is 13.2. The third-order valence-electron chi connectivity index (χ3n) is 2.07. The van der Waals surface area contributed by atoms with Crippen molar-refractivity contribution in [3.05, 3.63) is 28.2 Å². The second-order valence-corrected chi connectivity index (χ2v) is 3.98. The van der Waals surface area contributed by atoms with Crippen LogP contribution in [0.3, 0.4) is 0 Å². The van der Waals surface area contributed by atoms with E-state index in [1.54, 1.807) is 18.2 Å². The second kappa shape index (κ2) is 5.88. The smallest absolute Gasteiger partial charge is 0.256 e. The average Bonchev–Trinajstić information content (AvgIpc) is 2.31. The van der Waals surface area contributed by atoms with E-state index in [9.17, 15) is 4.79 Å². The molecule has 0 unspecified atom stereocenters. The molecule has 2 N–H and O–H groups in total. The maximum atomic E-state index is 12.0. The standard InChI is InChI=1S/C11H9BrN4O/c12-10-8(2-1-3-9(10)15)11(17)16(6-4-13)7-5-14/h1-3H,6-7,15H2. The first kappa shape index (κ1) is 13.0. The molecule has 0 aromatic heterocycles. The van der Waals surface area contributed by atoms with Gasteiger partial charge < -0.3 is 10.6 Å². The van der Waals surface area contributed by atoms with Gasteiger partial charge in [0.15, 0.2) is 0 Å². The van der Waals surface area contributed by atoms with E-state index in [4.69, 9.17) is 16.3 Å². The van der Waals surface area contributed by atoms with Crippen molar-refractivity contribution in [2.24, 2.45) is 0 Å². The quantitative estimate of drug-likeness (QED) is 0.675. The first-order valence-corrected chi connectivity index (χ1v) is 5.48. The summed E-state index contributed by atoms with van der Waals surface area (Å²) in [5, 5.41) is 17.2. The van der Waals surface area contributed by atoms with E-state index < -0.39 is 5.91 Å². The molecule has 0 spiro atoms. The van der Waals surface area contributed by atoms with Crippen LogP contribution in [0, 0.1) is 22.7 Å². The van der Waals surface area contributed by atoms with E-state index in [0.717, 1.165) is 4.90 Å². The Morgan fingerprint density at radius 2 is 1.94 bits per heavy atom. The van der Waals surface area contributed by atoms with Gasteiger partial charge in [-0.05, 0) is 28.1 Å². The number of carbonyl (C=O) groups excluding carboxylic acids is 1. The summed E-state index contributed by atoms with van der Waals surface area (Å²) in [5.41, 5.74) is 6.44. The number of benzene rings is 1. The Morgan fingerprint density at radius 3 is 2.47 bits per heavy atom. The first-order chi connectivity index (χ1) is 8.11. The van der Waals surface area contributed by atoms with Crippen molar-refractivity contribution in [2.45, 2.75) is 0 Å². The minimum Gasteiger partial charge on any atom is -0.398 e. The van der Waals surface area contributed by atoms with Gasteiger partial charge in [-0.3, -0.25) is 4.79 Å². The largest absolute Gasteiger partial charge is 0.398 e. The number of nitrogens with two attached hydrogens (primary N) is 1. The van der Waals surface area contributed by atoms with Crippen molar-refractivity contribution >= 4 is 27.5 Å². The minimum atomic E-state index is -0.396. The Bertz CT molecular complexity index is 499. The van der Waals surface area contributed by atoms with Crippen LogP contribution in [0.2, 0.25) is 0 Å². The average molecular weight is 293 g/mol. The van der Waals surface area contributed by atoms with Gasteiger partial charge in [0.2, 0.25) is 0 Å². The maximum Gasteiger partial charge on any atom is 0.256 e. The van der Waals surface area contributed by atoms with Gasteiger partial charge in [0.05, 0.1) is 22.2 Å². The molecular weight excluding hydrogens is 284 g/mol. The zero-order valence-corrected chi connectivity index (χ0v) is 10.4. The fraction of sp³-hybridized carbons (Fsp3) is 0.182. The molecule has 0 saturated carbocycles. The van der Waals surface area contributed by atoms with Crippen LogP contribution in [-0.2, 0) is 0 Å². The number of hydrogen-bond donors (Lipinski definition) is 1. The highest BCUT2D eigenvalue weighted by atomic mass is 79.9. The van der Waals surface area contributed by atoms with Crippen LogP contribution in [0.15, 0.2) is 22.7 Å². The normalized spacial score (nSPS) is 9.12. The lowest BCUT2D eigenvalue weighted by molar-refractivity contribution is 0.0794. The summed E-state index contributed by atoms with van der Waals surface area (Å²) in [6.45, 7) is -0.263. The molecule has 1 aromatic rings. The second-order valence-electron chi connectivity index (χ2n) is 3.19. The van der Waals surface area contributed by atoms with Crippen molar-refractivity contribution in [2.75, 3.05) is 18.8 Å². The molecule has 0 saturated heterocycles. The number of anilines is 1. The van der Waals surface area contributed by atoms with E-state index in [0.29, 0.717) is 15.7 Å². The van der Waals surface area contributed by atoms with E-state index in [-0.39, 0.29) is 13.1 Å². The van der Waals surface area contributed by atoms with Gasteiger partial charge in [0, 0.05) is 5.69 Å². The van der Waals surface area contributed by atoms with Crippen molar-refractivity contribution in [3.8, 4) is 12.1 Å². The molecule has 0 radical (unpaired) electrons. The third kappa shape index (κ3) is 2.96. The summed E-state index contributed by atoms with van der Waals surface area (Å²) in [6.07, 6.45) is 0. The summed E-state index contributed by atoms with van der Waals surface area (Å²) in [7, 11) is 0. The Labute approximate surface area is 107 Å². The molecule has 0 fully saturated rings. The summed E-state index contributed by atoms with van der Waals surface area (Å²) in [5.74, 6) is -0.396. The molecule has 1 rings (SSSR count). The van der Waals surface area contributed by atoms with Gasteiger partial charge >= 0.3 is 0 Å². The molecule has 0 atom stereocenters. The van der Waals surface area contributed by atoms with Crippen molar-refractivity contribution in [3.63, 3.8) is 0 Å². The van der Waals surface area contributed by atoms with Crippen LogP contribution >= 0.6 is 15.9 Å². The molecule has 1 amide bonds. The van der Waals surface area contributed by atoms with E-state index >= 15 is 0 Å². The van der Waals surface area contributed by atoms with Crippen LogP contribution in [0.5, 0.6) is 0 Å². The molecule has 0 aliphatic rings. The molecule has 0 heterocycles. The third-order valence-corrected chi connectivity index (χ3v) is 2.95. The van der Waals surface area contributed by atoms with Crippen molar-refractivity contribution < 1.29 is 4.79 Å². The highest BCUT2D eigenvalue weighted by molar-refractivity contribution is 9.10. The predicted octanol–water partition coefficient (Wildman–Crippen LogP) is 1.52. The number of rotatable bonds is 3. The first-order valence-electron chi connectivity index (χ1n) is 4.69. The molecule has 6 heteroatoms. The number of hydrogen-bond acceptors (Lipinski definition) is 4. The van der Waals surface area contributed by atoms with Crippen LogP contribution in [0.25, 0.3) is 0 Å². The van der Waals surface area contributed by atoms with Gasteiger partial charge in [0.25, 0.3) is 5.91 Å². The number of nitriles is 2. The zero-order chi connectivity index (χ0) is 12.8. The van der Waals surface area contributed by atoms with Crippen LogP contribution in [-0.4, -0.2) is 23.9 Å². The highest BCUT2D eigenvalue weighted by Crippen LogP contribution is 2.24. The van der Waals surface area contributed by atoms with Gasteiger partial charge in [0.1, 0.15) is 13.1 Å². The molecule has 86 valence electrons. The number of nitrogens with zero attached hydrogens (tertiary/aromatic N) is 3. The maximum absolute atomic E-state index is 12.0. The van der Waals surface area contributed by atoms with E-state index in [1.165, 1.54) is 0 Å². The number of carbonyl (C=O) groups is 1. The Balaban J connectivity index is 3.07. The summed E-state index contributed by atoms with van der Waals surface area (Å²) >= 11 is 3.21. The lowest BCUT2D eigenvalue weighted by Gasteiger charge is -2.17. The molecule has 0 aliphatic heterocycles. The lowest BCUT2D eigenvalue weighted by atomic mass is 10.1. The highest BCUT2D eigenvalue weighted by Gasteiger charge is 2.18. The van der Waals surface area contributed by atoms with Gasteiger partial charge in [-0.25, -0.2) is 0 Å². The lowest BCUT2D eigenvalue weighted by Crippen LogP contribution is -2.32. The van der Waals surface area contributed by atoms with Crippen LogP contribution in [0.4, 0.5) is 5.69 Å². The number of nitrogen functional groups attached to an aromatic ring is 1. The predicted molar refractivity (Wildman–Crippen MR) is 65.7 cm³/mol. The molecule has 17 heavy (non-hydrogen) atoms. The zero-order valence-electron chi connectivity index (χ0n) is 8.85. The van der Waals surface area contributed by atoms with Gasteiger partial charge in [-0.15, -0.1) is 0 Å². The van der Waals surface area contributed by atoms with Gasteiger partial charge in [-0.1, -0.05) is 6.07 Å². The van der Waals surface area contributed by atoms with Crippen molar-refractivity contribution in [1.82, 2.24) is 4.90 Å². The Kier molecular flexibility index (Phi) is 4.50. The van der Waals surface area contributed by atoms with Crippen LogP contribution < -0.4 is 5.73 Å². The fourth-order valence-corrected chi connectivity index (χ4v) is 1.69. The molecule has 1 aromatic carbocycles. The molecule has 5 nitrogen and oxygen atoms in total. The summed E-state index contributed by atoms with van der Waals surface area (Å²) in [6, 6.07) is 8.57. The molecular formula is C11H9BrN4O.